The molecule has 1 aromatic heterocycles. The molecule has 2 nitrogen and oxygen atoms in total. The van der Waals surface area contributed by atoms with Crippen molar-refractivity contribution >= 4 is 32.5 Å². The zero-order valence-electron chi connectivity index (χ0n) is 12.2. The summed E-state index contributed by atoms with van der Waals surface area (Å²) in [5.41, 5.74) is 2.20. The Labute approximate surface area is 130 Å². The Morgan fingerprint density at radius 3 is 2.75 bits per heavy atom. The molecule has 0 aliphatic heterocycles. The van der Waals surface area contributed by atoms with Crippen LogP contribution in [-0.2, 0) is 0 Å². The van der Waals surface area contributed by atoms with Crippen LogP contribution in [0.1, 0.15) is 45.4 Å². The van der Waals surface area contributed by atoms with Crippen LogP contribution in [0.3, 0.4) is 0 Å². The molecule has 2 aromatic rings. The average molecular weight is 335 g/mol. The van der Waals surface area contributed by atoms with Crippen LogP contribution in [0.2, 0.25) is 0 Å². The molecule has 1 aromatic carbocycles. The van der Waals surface area contributed by atoms with Gasteiger partial charge in [0.2, 0.25) is 0 Å². The molecule has 108 valence electrons. The quantitative estimate of drug-likeness (QED) is 0.620. The second-order valence-corrected chi connectivity index (χ2v) is 6.14. The fourth-order valence-corrected chi connectivity index (χ4v) is 2.75. The van der Waals surface area contributed by atoms with Crippen LogP contribution < -0.4 is 5.32 Å². The van der Waals surface area contributed by atoms with Crippen LogP contribution in [0.15, 0.2) is 34.9 Å². The number of rotatable bonds is 8. The Bertz CT molecular complexity index is 540. The van der Waals surface area contributed by atoms with Crippen molar-refractivity contribution in [3.05, 3.63) is 34.9 Å². The highest BCUT2D eigenvalue weighted by Crippen LogP contribution is 2.23. The van der Waals surface area contributed by atoms with Gasteiger partial charge in [0, 0.05) is 22.6 Å². The Kier molecular flexibility index (Phi) is 6.31. The van der Waals surface area contributed by atoms with Gasteiger partial charge in [-0.3, -0.25) is 4.98 Å². The van der Waals surface area contributed by atoms with Gasteiger partial charge in [-0.05, 0) is 34.5 Å². The van der Waals surface area contributed by atoms with Crippen molar-refractivity contribution in [3.8, 4) is 0 Å². The molecule has 0 radical (unpaired) electrons. The van der Waals surface area contributed by atoms with Gasteiger partial charge in [-0.2, -0.15) is 0 Å². The summed E-state index contributed by atoms with van der Waals surface area (Å²) in [6.07, 6.45) is 9.83. The van der Waals surface area contributed by atoms with Gasteiger partial charge in [-0.25, -0.2) is 0 Å². The van der Waals surface area contributed by atoms with E-state index in [4.69, 9.17) is 0 Å². The first-order chi connectivity index (χ1) is 9.81. The first kappa shape index (κ1) is 15.3. The molecule has 0 spiro atoms. The van der Waals surface area contributed by atoms with Crippen molar-refractivity contribution in [2.45, 2.75) is 45.4 Å². The number of aromatic nitrogens is 1. The van der Waals surface area contributed by atoms with Crippen LogP contribution in [0.25, 0.3) is 10.9 Å². The minimum atomic E-state index is 1.03. The zero-order chi connectivity index (χ0) is 14.2. The molecule has 2 rings (SSSR count). The Balaban J connectivity index is 1.84. The lowest BCUT2D eigenvalue weighted by molar-refractivity contribution is 0.617. The number of nitrogens with zero attached hydrogens (tertiary/aromatic N) is 1. The van der Waals surface area contributed by atoms with Gasteiger partial charge < -0.3 is 5.32 Å². The number of unbranched alkanes of at least 4 members (excludes halogenated alkanes) is 5. The van der Waals surface area contributed by atoms with Crippen LogP contribution in [0.4, 0.5) is 5.69 Å². The van der Waals surface area contributed by atoms with Crippen molar-refractivity contribution in [2.24, 2.45) is 0 Å². The number of anilines is 1. The van der Waals surface area contributed by atoms with Crippen LogP contribution in [0.5, 0.6) is 0 Å². The minimum absolute atomic E-state index is 1.03. The molecular formula is C17H23BrN2. The predicted molar refractivity (Wildman–Crippen MR) is 91.3 cm³/mol. The zero-order valence-corrected chi connectivity index (χ0v) is 13.7. The Morgan fingerprint density at radius 2 is 1.90 bits per heavy atom. The summed E-state index contributed by atoms with van der Waals surface area (Å²) in [7, 11) is 0. The topological polar surface area (TPSA) is 24.9 Å². The lowest BCUT2D eigenvalue weighted by Gasteiger charge is -2.09. The number of para-hydroxylation sites is 1. The van der Waals surface area contributed by atoms with E-state index >= 15 is 0 Å². The van der Waals surface area contributed by atoms with E-state index in [0.29, 0.717) is 0 Å². The molecule has 0 amide bonds. The van der Waals surface area contributed by atoms with Gasteiger partial charge in [0.1, 0.15) is 0 Å². The predicted octanol–water partition coefficient (Wildman–Crippen LogP) is 5.77. The smallest absolute Gasteiger partial charge is 0.0934 e. The van der Waals surface area contributed by atoms with Crippen molar-refractivity contribution in [1.82, 2.24) is 4.98 Å². The second-order valence-electron chi connectivity index (χ2n) is 5.23. The first-order valence-electron chi connectivity index (χ1n) is 7.59. The lowest BCUT2D eigenvalue weighted by Crippen LogP contribution is -2.02. The first-order valence-corrected chi connectivity index (χ1v) is 8.38. The van der Waals surface area contributed by atoms with Crippen LogP contribution in [-0.4, -0.2) is 11.5 Å². The van der Waals surface area contributed by atoms with E-state index in [1.807, 2.05) is 6.20 Å². The maximum absolute atomic E-state index is 4.51. The highest BCUT2D eigenvalue weighted by molar-refractivity contribution is 9.10. The summed E-state index contributed by atoms with van der Waals surface area (Å²) in [5.74, 6) is 0. The third kappa shape index (κ3) is 4.48. The molecular weight excluding hydrogens is 312 g/mol. The molecule has 3 heteroatoms. The number of halogens is 1. The molecule has 0 saturated heterocycles. The monoisotopic (exact) mass is 334 g/mol. The van der Waals surface area contributed by atoms with E-state index in [0.717, 1.165) is 22.2 Å². The molecule has 0 aliphatic rings. The fourth-order valence-electron chi connectivity index (χ4n) is 2.40. The number of pyridine rings is 1. The normalized spacial score (nSPS) is 10.9. The highest BCUT2D eigenvalue weighted by atomic mass is 79.9. The summed E-state index contributed by atoms with van der Waals surface area (Å²) >= 11 is 3.47. The highest BCUT2D eigenvalue weighted by Gasteiger charge is 2.02. The fraction of sp³-hybridized carbons (Fsp3) is 0.471. The van der Waals surface area contributed by atoms with Crippen LogP contribution in [0, 0.1) is 0 Å². The third-order valence-electron chi connectivity index (χ3n) is 3.52. The summed E-state index contributed by atoms with van der Waals surface area (Å²) in [6, 6.07) is 8.40. The van der Waals surface area contributed by atoms with E-state index in [1.54, 1.807) is 0 Å². The standard InChI is InChI=1S/C17H23BrN2/c1-2-3-4-5-6-7-11-19-16-10-8-9-14-12-15(18)13-20-17(14)16/h8-10,12-13,19H,2-7,11H2,1H3. The molecule has 1 heterocycles. The number of hydrogen-bond acceptors (Lipinski definition) is 2. The molecule has 0 aliphatic carbocycles. The van der Waals surface area contributed by atoms with Crippen molar-refractivity contribution in [3.63, 3.8) is 0 Å². The molecule has 0 fully saturated rings. The van der Waals surface area contributed by atoms with Gasteiger partial charge in [-0.1, -0.05) is 51.2 Å². The summed E-state index contributed by atoms with van der Waals surface area (Å²) in [4.78, 5) is 4.51. The van der Waals surface area contributed by atoms with Gasteiger partial charge >= 0.3 is 0 Å². The molecule has 0 saturated carbocycles. The van der Waals surface area contributed by atoms with E-state index in [1.165, 1.54) is 43.9 Å². The van der Waals surface area contributed by atoms with Gasteiger partial charge in [-0.15, -0.1) is 0 Å². The van der Waals surface area contributed by atoms with E-state index in [9.17, 15) is 0 Å². The summed E-state index contributed by atoms with van der Waals surface area (Å²) in [6.45, 7) is 3.29. The van der Waals surface area contributed by atoms with Gasteiger partial charge in [0.15, 0.2) is 0 Å². The average Bonchev–Trinajstić information content (AvgIpc) is 2.46. The number of fused-ring (bicyclic) bond motifs is 1. The summed E-state index contributed by atoms with van der Waals surface area (Å²) in [5, 5.41) is 4.69. The lowest BCUT2D eigenvalue weighted by atomic mass is 10.1. The molecule has 0 atom stereocenters. The largest absolute Gasteiger partial charge is 0.383 e. The number of benzene rings is 1. The van der Waals surface area contributed by atoms with Crippen molar-refractivity contribution in [1.29, 1.82) is 0 Å². The molecule has 0 unspecified atom stereocenters. The van der Waals surface area contributed by atoms with E-state index in [2.05, 4.69) is 57.4 Å². The molecule has 20 heavy (non-hydrogen) atoms. The molecule has 1 N–H and O–H groups in total. The maximum atomic E-state index is 4.51. The van der Waals surface area contributed by atoms with Gasteiger partial charge in [0.05, 0.1) is 11.2 Å². The van der Waals surface area contributed by atoms with E-state index < -0.39 is 0 Å². The number of nitrogens with one attached hydrogen (secondary N) is 1. The minimum Gasteiger partial charge on any atom is -0.383 e. The number of hydrogen-bond donors (Lipinski definition) is 1. The SMILES string of the molecule is CCCCCCCCNc1cccc2cc(Br)cnc12. The van der Waals surface area contributed by atoms with E-state index in [-0.39, 0.29) is 0 Å². The Morgan fingerprint density at radius 1 is 1.10 bits per heavy atom. The second kappa shape index (κ2) is 8.25. The Hall–Kier alpha value is -1.09. The van der Waals surface area contributed by atoms with Crippen LogP contribution >= 0.6 is 15.9 Å². The summed E-state index contributed by atoms with van der Waals surface area (Å²) < 4.78 is 1.03. The third-order valence-corrected chi connectivity index (χ3v) is 3.96. The maximum Gasteiger partial charge on any atom is 0.0934 e. The van der Waals surface area contributed by atoms with Crippen molar-refractivity contribution < 1.29 is 0 Å². The van der Waals surface area contributed by atoms with Gasteiger partial charge in [0.25, 0.3) is 0 Å². The molecule has 0 bridgehead atoms. The van der Waals surface area contributed by atoms with Crippen molar-refractivity contribution in [2.75, 3.05) is 11.9 Å².